The van der Waals surface area contributed by atoms with Crippen LogP contribution in [0.2, 0.25) is 0 Å². The summed E-state index contributed by atoms with van der Waals surface area (Å²) < 4.78 is 101. The molecule has 0 unspecified atom stereocenters. The minimum Gasteiger partial charge on any atom is -0.497 e. The molecule has 4 aromatic heterocycles. The van der Waals surface area contributed by atoms with Crippen LogP contribution in [0.25, 0.3) is 0 Å². The summed E-state index contributed by atoms with van der Waals surface area (Å²) in [4.78, 5) is 60.7. The summed E-state index contributed by atoms with van der Waals surface area (Å²) in [6.45, 7) is 25.7. The quantitative estimate of drug-likeness (QED) is 0.00512. The van der Waals surface area contributed by atoms with Crippen LogP contribution in [-0.2, 0) is 112 Å². The Labute approximate surface area is 557 Å². The van der Waals surface area contributed by atoms with Crippen LogP contribution in [0.5, 0.6) is 0 Å². The molecule has 2 aliphatic rings. The van der Waals surface area contributed by atoms with Gasteiger partial charge in [0.2, 0.25) is 0 Å². The number of nitrogens with two attached hydrogens (primary N) is 3. The summed E-state index contributed by atoms with van der Waals surface area (Å²) in [5.41, 5.74) is 17.9. The molecule has 96 heavy (non-hydrogen) atoms. The van der Waals surface area contributed by atoms with Crippen LogP contribution in [-0.4, -0.2) is 173 Å². The number of carbonyl (C=O) groups excluding carboxylic acids is 5. The number of ether oxygens (including phenoxy) is 6. The van der Waals surface area contributed by atoms with E-state index in [0.29, 0.717) is 116 Å². The van der Waals surface area contributed by atoms with Crippen molar-refractivity contribution in [2.75, 3.05) is 107 Å². The van der Waals surface area contributed by atoms with Crippen LogP contribution < -0.4 is 33.0 Å². The van der Waals surface area contributed by atoms with Gasteiger partial charge in [0, 0.05) is 32.6 Å². The predicted molar refractivity (Wildman–Crippen MR) is 348 cm³/mol. The molecule has 536 valence electrons. The molecule has 0 bridgehead atoms. The number of anilines is 4. The fraction of sp³-hybridized carbons (Fsp3) is 0.574. The molecule has 5 aromatic rings. The van der Waals surface area contributed by atoms with E-state index in [1.54, 1.807) is 58.4 Å². The Morgan fingerprint density at radius 3 is 1.57 bits per heavy atom. The average Bonchev–Trinajstić information content (AvgIpc) is 1.62. The van der Waals surface area contributed by atoms with E-state index in [9.17, 15) is 45.6 Å². The number of alkyl halides is 3. The van der Waals surface area contributed by atoms with E-state index in [1.807, 2.05) is 44.2 Å². The number of esters is 5. The lowest BCUT2D eigenvalue weighted by Crippen LogP contribution is -2.24. The van der Waals surface area contributed by atoms with Crippen LogP contribution in [0.1, 0.15) is 158 Å². The van der Waals surface area contributed by atoms with Crippen molar-refractivity contribution < 1.29 is 88.4 Å². The summed E-state index contributed by atoms with van der Waals surface area (Å²) in [6.07, 6.45) is -0.485. The van der Waals surface area contributed by atoms with Crippen molar-refractivity contribution in [1.82, 2.24) is 44.5 Å². The Balaban J connectivity index is 0.000000408. The summed E-state index contributed by atoms with van der Waals surface area (Å²) >= 11 is 0. The molecule has 0 saturated heterocycles. The van der Waals surface area contributed by atoms with Crippen LogP contribution in [0.3, 0.4) is 0 Å². The van der Waals surface area contributed by atoms with Crippen LogP contribution >= 0.6 is 0 Å². The first-order chi connectivity index (χ1) is 45.7. The molecule has 35 heteroatoms. The van der Waals surface area contributed by atoms with Gasteiger partial charge in [-0.1, -0.05) is 46.8 Å². The summed E-state index contributed by atoms with van der Waals surface area (Å²) in [7, 11) is -3.51. The van der Waals surface area contributed by atoms with Crippen molar-refractivity contribution in [1.29, 1.82) is 5.26 Å². The molecule has 10 N–H and O–H groups in total. The summed E-state index contributed by atoms with van der Waals surface area (Å²) in [5.74, 6) is 4.65. The number of benzene rings is 1. The number of nitrogens with one attached hydrogen (secondary N) is 2. The number of hydrogen-bond acceptors (Lipinski definition) is 27. The number of hydrogen-bond donors (Lipinski definition) is 7. The first-order valence-electron chi connectivity index (χ1n) is 31.4. The van der Waals surface area contributed by atoms with Gasteiger partial charge in [-0.15, -0.1) is 0 Å². The van der Waals surface area contributed by atoms with Crippen molar-refractivity contribution in [2.45, 2.75) is 147 Å². The van der Waals surface area contributed by atoms with E-state index in [4.69, 9.17) is 61.2 Å². The minimum absolute atomic E-state index is 0.0313. The molecular formula is C61H94F3N15O16S. The molecule has 0 radical (unpaired) electrons. The molecule has 2 aliphatic heterocycles. The van der Waals surface area contributed by atoms with Crippen LogP contribution in [0.4, 0.5) is 36.4 Å². The molecule has 7 rings (SSSR count). The van der Waals surface area contributed by atoms with Gasteiger partial charge in [-0.3, -0.25) is 15.5 Å². The lowest BCUT2D eigenvalue weighted by atomic mass is 10.1. The Morgan fingerprint density at radius 2 is 1.14 bits per heavy atom. The minimum atomic E-state index is -4.38. The number of nitriles is 1. The van der Waals surface area contributed by atoms with Crippen molar-refractivity contribution >= 4 is 63.2 Å². The average molecular weight is 1380 g/mol. The van der Waals surface area contributed by atoms with Gasteiger partial charge >= 0.3 is 36.0 Å². The Morgan fingerprint density at radius 1 is 0.656 bits per heavy atom. The number of aliphatic hydroxyl groups excluding tert-OH is 2. The van der Waals surface area contributed by atoms with Gasteiger partial charge in [0.05, 0.1) is 120 Å². The molecule has 31 nitrogen and oxygen atoms in total. The lowest BCUT2D eigenvalue weighted by molar-refractivity contribution is -0.138. The number of allylic oxidation sites excluding steroid dienone is 1. The topological polar surface area (TPSA) is 425 Å². The SMILES string of the molecule is CCOC(=O)/C(C#N)=C(\CC)OCC.CCOC(=O)c1c(CC)nn(CCO)c1N.CCOC(=O)c1c(CC)nn(CCOS(C)(=O)=O)c1N.CCOC(=O)c1c(CC)nn2c1N(Cc1cccc(C(F)(F)F)c1)CC2.CCOC(=O)c1c(CC)nn2c1NCC2.NNCCO. The molecule has 0 atom stereocenters. The first-order valence-corrected chi connectivity index (χ1v) is 33.2. The number of aromatic nitrogens is 8. The van der Waals surface area contributed by atoms with E-state index < -0.39 is 45.7 Å². The Bertz CT molecular complexity index is 3480. The number of nitrogen functional groups attached to an aromatic ring is 2. The van der Waals surface area contributed by atoms with Gasteiger partial charge in [-0.05, 0) is 84.9 Å². The van der Waals surface area contributed by atoms with Gasteiger partial charge in [0.1, 0.15) is 57.4 Å². The number of fused-ring (bicyclic) bond motifs is 2. The number of halogens is 3. The molecule has 6 heterocycles. The fourth-order valence-corrected chi connectivity index (χ4v) is 9.48. The maximum absolute atomic E-state index is 12.9. The number of carbonyl (C=O) groups is 5. The zero-order valence-electron chi connectivity index (χ0n) is 56.7. The fourth-order valence-electron chi connectivity index (χ4n) is 9.10. The molecule has 1 aromatic carbocycles. The molecular weight excluding hydrogens is 1290 g/mol. The lowest BCUT2D eigenvalue weighted by Gasteiger charge is -2.19. The standard InChI is InChI=1S/C18H20F3N3O2.C11H19N3O5S.C10H17N3O3.C10H15N3O2.C10H15NO3.C2H8N2O/c1-3-14-15(17(25)26-4-2)16-23(8-9-24(16)22-14)11-12-6-5-7-13(10-12)18(19,20)21;1-4-8-9(11(15)18-5-2)10(12)14(13-8)6-7-19-20(3,16)17;1-3-7-8(10(15)16-4-2)9(11)13(12-7)5-6-14;1-3-7-8(10(14)15-4-2)9-11-5-6-13(9)12-7;1-4-9(13-5-2)8(7-11)10(12)14-6-3;3-4-1-2-5/h5-7,10H,3-4,8-9,11H2,1-2H3;4-7,12H2,1-3H3;14H,3-6,11H2,1-2H3;11H,3-6H2,1-2H3;4-6H2,1-3H3;4-5H,1-3H2/b;;;;9-8+;. The van der Waals surface area contributed by atoms with Gasteiger partial charge in [0.25, 0.3) is 10.1 Å². The second-order valence-electron chi connectivity index (χ2n) is 19.8. The normalized spacial score (nSPS) is 12.1. The van der Waals surface area contributed by atoms with Crippen molar-refractivity contribution in [3.8, 4) is 6.07 Å². The highest BCUT2D eigenvalue weighted by Crippen LogP contribution is 2.34. The zero-order chi connectivity index (χ0) is 72.3. The highest BCUT2D eigenvalue weighted by Gasteiger charge is 2.34. The zero-order valence-corrected chi connectivity index (χ0v) is 57.5. The largest absolute Gasteiger partial charge is 0.497 e. The van der Waals surface area contributed by atoms with Crippen LogP contribution in [0, 0.1) is 11.3 Å². The van der Waals surface area contributed by atoms with E-state index in [0.717, 1.165) is 49.4 Å². The van der Waals surface area contributed by atoms with Crippen molar-refractivity contribution in [2.24, 2.45) is 5.84 Å². The van der Waals surface area contributed by atoms with Gasteiger partial charge < -0.3 is 60.3 Å². The molecule has 0 saturated carbocycles. The molecule has 0 amide bonds. The van der Waals surface area contributed by atoms with Gasteiger partial charge in [0.15, 0.2) is 5.57 Å². The number of nitrogens with zero attached hydrogens (tertiary/aromatic N) is 10. The summed E-state index contributed by atoms with van der Waals surface area (Å²) in [5, 5.41) is 45.8. The van der Waals surface area contributed by atoms with E-state index in [-0.39, 0.29) is 88.0 Å². The molecule has 0 fully saturated rings. The van der Waals surface area contributed by atoms with E-state index in [1.165, 1.54) is 15.4 Å². The van der Waals surface area contributed by atoms with Gasteiger partial charge in [-0.25, -0.2) is 42.7 Å². The molecule has 0 aliphatic carbocycles. The number of hydrazine groups is 1. The monoisotopic (exact) mass is 1380 g/mol. The van der Waals surface area contributed by atoms with E-state index >= 15 is 0 Å². The van der Waals surface area contributed by atoms with Gasteiger partial charge in [-0.2, -0.15) is 47.2 Å². The number of aryl methyl sites for hydroxylation is 4. The number of aliphatic hydroxyl groups is 2. The Kier molecular flexibility index (Phi) is 36.9. The maximum Gasteiger partial charge on any atom is 0.416 e. The predicted octanol–water partition coefficient (Wildman–Crippen LogP) is 5.30. The first kappa shape index (κ1) is 83.3. The third kappa shape index (κ3) is 24.7. The van der Waals surface area contributed by atoms with Crippen molar-refractivity contribution in [3.63, 3.8) is 0 Å². The Hall–Kier alpha value is -8.82. The second-order valence-corrected chi connectivity index (χ2v) is 21.5. The summed E-state index contributed by atoms with van der Waals surface area (Å²) in [6, 6.07) is 7.05. The van der Waals surface area contributed by atoms with Crippen LogP contribution in [0.15, 0.2) is 35.6 Å². The second kappa shape index (κ2) is 42.6. The smallest absolute Gasteiger partial charge is 0.416 e. The maximum atomic E-state index is 12.9. The highest BCUT2D eigenvalue weighted by atomic mass is 32.2. The van der Waals surface area contributed by atoms with E-state index in [2.05, 4.69) is 35.3 Å². The van der Waals surface area contributed by atoms with Crippen molar-refractivity contribution in [3.05, 3.63) is 91.8 Å². The molecule has 0 spiro atoms. The third-order valence-electron chi connectivity index (χ3n) is 13.2. The highest BCUT2D eigenvalue weighted by molar-refractivity contribution is 7.85. The number of rotatable bonds is 27. The third-order valence-corrected chi connectivity index (χ3v) is 13.8.